The molecule has 9 heavy (non-hydrogen) atoms. The van der Waals surface area contributed by atoms with Crippen LogP contribution in [0.25, 0.3) is 0 Å². The van der Waals surface area contributed by atoms with E-state index in [4.69, 9.17) is 10.6 Å². The average Bonchev–Trinajstić information content (AvgIpc) is 2.32. The van der Waals surface area contributed by atoms with Crippen molar-refractivity contribution < 1.29 is 10.6 Å². The van der Waals surface area contributed by atoms with E-state index in [1.165, 1.54) is 0 Å². The first-order valence-corrected chi connectivity index (χ1v) is 3.19. The smallest absolute Gasteiger partial charge is 0.0564 e. The van der Waals surface area contributed by atoms with Crippen LogP contribution in [0.1, 0.15) is 24.7 Å². The molecule has 0 radical (unpaired) electrons. The van der Waals surface area contributed by atoms with Gasteiger partial charge >= 0.3 is 0 Å². The molecule has 0 bridgehead atoms. The zero-order valence-electron chi connectivity index (χ0n) is 9.59. The minimum Gasteiger partial charge on any atom is -0.396 e. The van der Waals surface area contributed by atoms with Crippen LogP contribution in [-0.4, -0.2) is 36.2 Å². The fourth-order valence-electron chi connectivity index (χ4n) is 1.17. The van der Waals surface area contributed by atoms with Crippen molar-refractivity contribution >= 4 is 0 Å². The number of hydrogen-bond acceptors (Lipinski definition) is 2. The molecule has 0 aromatic carbocycles. The quantitative estimate of drug-likeness (QED) is 0.591. The van der Waals surface area contributed by atoms with Gasteiger partial charge in [-0.3, -0.25) is 0 Å². The molecule has 1 saturated heterocycles. The summed E-state index contributed by atoms with van der Waals surface area (Å²) in [5.41, 5.74) is 0. The first-order valence-electron chi connectivity index (χ1n) is 5.19. The highest BCUT2D eigenvalue weighted by atomic mass is 16.3. The lowest BCUT2D eigenvalue weighted by atomic mass is 10.2. The van der Waals surface area contributed by atoms with Gasteiger partial charge in [-0.1, -0.05) is 0 Å². The van der Waals surface area contributed by atoms with Crippen molar-refractivity contribution in [2.45, 2.75) is 25.3 Å². The number of rotatable bonds is 2. The number of nitrogens with zero attached hydrogens (tertiary/aromatic N) is 1. The fourth-order valence-corrected chi connectivity index (χ4v) is 1.17. The highest BCUT2D eigenvalue weighted by molar-refractivity contribution is 4.75. The molecule has 0 aromatic rings. The zero-order valence-corrected chi connectivity index (χ0v) is 5.59. The molecule has 54 valence electrons. The van der Waals surface area contributed by atoms with Gasteiger partial charge < -0.3 is 10.0 Å². The number of aliphatic hydroxyl groups is 1. The topological polar surface area (TPSA) is 23.5 Å². The Bertz CT molecular complexity index is 191. The molecule has 0 unspecified atom stereocenters. The van der Waals surface area contributed by atoms with Crippen LogP contribution in [-0.2, 0) is 0 Å². The molecule has 0 aliphatic carbocycles. The Hall–Kier alpha value is -0.0800. The first kappa shape index (κ1) is 3.35. The van der Waals surface area contributed by atoms with E-state index in [1.807, 2.05) is 0 Å². The van der Waals surface area contributed by atoms with Crippen molar-refractivity contribution in [1.82, 2.24) is 4.90 Å². The summed E-state index contributed by atoms with van der Waals surface area (Å²) < 4.78 is 29.0. The highest BCUT2D eigenvalue weighted by Gasteiger charge is 2.19. The molecule has 1 N–H and O–H groups in total. The van der Waals surface area contributed by atoms with E-state index in [2.05, 4.69) is 0 Å². The minimum absolute atomic E-state index is 0.521. The van der Waals surface area contributed by atoms with Crippen LogP contribution in [0.4, 0.5) is 0 Å². The molecule has 0 spiro atoms. The summed E-state index contributed by atoms with van der Waals surface area (Å²) >= 11 is 0. The average molecular weight is 133 g/mol. The van der Waals surface area contributed by atoms with Crippen molar-refractivity contribution in [2.24, 2.45) is 0 Å². The molecule has 1 aliphatic rings. The maximum Gasteiger partial charge on any atom is 0.0564 e. The molecular weight excluding hydrogens is 114 g/mol. The van der Waals surface area contributed by atoms with Gasteiger partial charge in [-0.2, -0.15) is 0 Å². The summed E-state index contributed by atoms with van der Waals surface area (Å²) in [5, 5.41) is 9.06. The Labute approximate surface area is 62.1 Å². The van der Waals surface area contributed by atoms with Crippen molar-refractivity contribution in [1.29, 1.82) is 0 Å². The third-order valence-corrected chi connectivity index (χ3v) is 1.75. The molecule has 0 aromatic heterocycles. The largest absolute Gasteiger partial charge is 0.396 e. The lowest BCUT2D eigenvalue weighted by Gasteiger charge is -2.17. The van der Waals surface area contributed by atoms with E-state index in [0.29, 0.717) is 6.42 Å². The SMILES string of the molecule is [2H]C([2H])(O)C([2H])([2H])[C@H]1CCCN1C. The van der Waals surface area contributed by atoms with Gasteiger partial charge in [-0.05, 0) is 32.8 Å². The van der Waals surface area contributed by atoms with Crippen molar-refractivity contribution in [3.8, 4) is 0 Å². The third-order valence-electron chi connectivity index (χ3n) is 1.75. The minimum atomic E-state index is -2.77. The summed E-state index contributed by atoms with van der Waals surface area (Å²) in [4.78, 5) is 1.76. The van der Waals surface area contributed by atoms with Gasteiger partial charge in [0.25, 0.3) is 0 Å². The highest BCUT2D eigenvalue weighted by Crippen LogP contribution is 2.16. The molecule has 2 heteroatoms. The van der Waals surface area contributed by atoms with Crippen molar-refractivity contribution in [3.63, 3.8) is 0 Å². The molecular formula is C7H15NO. The fraction of sp³-hybridized carbons (Fsp3) is 1.00. The monoisotopic (exact) mass is 133 g/mol. The summed E-state index contributed by atoms with van der Waals surface area (Å²) in [6.45, 7) is -2.00. The van der Waals surface area contributed by atoms with Gasteiger partial charge in [0.05, 0.1) is 2.74 Å². The second kappa shape index (κ2) is 3.18. The maximum absolute atomic E-state index is 9.06. The van der Waals surface area contributed by atoms with Crippen LogP contribution in [0.15, 0.2) is 0 Å². The van der Waals surface area contributed by atoms with Crippen LogP contribution in [0, 0.1) is 0 Å². The predicted molar refractivity (Wildman–Crippen MR) is 37.4 cm³/mol. The van der Waals surface area contributed by atoms with Crippen LogP contribution >= 0.6 is 0 Å². The van der Waals surface area contributed by atoms with E-state index in [-0.39, 0.29) is 0 Å². The van der Waals surface area contributed by atoms with E-state index in [1.54, 1.807) is 11.9 Å². The molecule has 0 amide bonds. The van der Waals surface area contributed by atoms with Crippen molar-refractivity contribution in [3.05, 3.63) is 0 Å². The van der Waals surface area contributed by atoms with Crippen LogP contribution in [0.2, 0.25) is 0 Å². The first-order chi connectivity index (χ1) is 5.77. The predicted octanol–water partition coefficient (Wildman–Crippen LogP) is 0.463. The summed E-state index contributed by atoms with van der Waals surface area (Å²) in [5.74, 6) is 0. The van der Waals surface area contributed by atoms with Crippen LogP contribution in [0.5, 0.6) is 0 Å². The maximum atomic E-state index is 9.06. The number of likely N-dealkylation sites (tertiary alicyclic amines) is 1. The zero-order chi connectivity index (χ0) is 10.3. The third kappa shape index (κ3) is 1.66. The second-order valence-electron chi connectivity index (χ2n) is 2.39. The lowest BCUT2D eigenvalue weighted by Crippen LogP contribution is -2.25. The molecule has 1 fully saturated rings. The van der Waals surface area contributed by atoms with E-state index in [9.17, 15) is 0 Å². The number of hydrogen-bond donors (Lipinski definition) is 1. The lowest BCUT2D eigenvalue weighted by molar-refractivity contribution is 0.220. The van der Waals surface area contributed by atoms with Gasteiger partial charge in [0.2, 0.25) is 0 Å². The Morgan fingerprint density at radius 2 is 2.67 bits per heavy atom. The molecule has 0 saturated carbocycles. The van der Waals surface area contributed by atoms with Crippen molar-refractivity contribution in [2.75, 3.05) is 20.2 Å². The van der Waals surface area contributed by atoms with Crippen LogP contribution in [0.3, 0.4) is 0 Å². The second-order valence-corrected chi connectivity index (χ2v) is 2.39. The van der Waals surface area contributed by atoms with Gasteiger partial charge in [-0.25, -0.2) is 0 Å². The Morgan fingerprint density at radius 3 is 3.11 bits per heavy atom. The Balaban J connectivity index is 2.80. The summed E-state index contributed by atoms with van der Waals surface area (Å²) in [7, 11) is 1.75. The van der Waals surface area contributed by atoms with Crippen LogP contribution < -0.4 is 0 Å². The summed E-state index contributed by atoms with van der Waals surface area (Å²) in [6.07, 6.45) is -0.738. The van der Waals surface area contributed by atoms with Gasteiger partial charge in [-0.15, -0.1) is 0 Å². The molecule has 2 nitrogen and oxygen atoms in total. The standard InChI is InChI=1S/C7H15NO/c1-8-5-2-3-7(8)4-6-9/h7,9H,2-6H2,1H3/t7-/m1/s1/i4D2,6D2. The van der Waals surface area contributed by atoms with Gasteiger partial charge in [0.15, 0.2) is 0 Å². The van der Waals surface area contributed by atoms with Gasteiger partial charge in [0, 0.05) is 15.3 Å². The molecule has 1 aliphatic heterocycles. The Morgan fingerprint density at radius 1 is 1.89 bits per heavy atom. The normalized spacial score (nSPS) is 39.1. The van der Waals surface area contributed by atoms with E-state index < -0.39 is 19.0 Å². The molecule has 1 heterocycles. The van der Waals surface area contributed by atoms with E-state index >= 15 is 0 Å². The molecule has 1 atom stereocenters. The summed E-state index contributed by atoms with van der Waals surface area (Å²) in [6, 6.07) is -0.521. The Kier molecular flexibility index (Phi) is 1.18. The van der Waals surface area contributed by atoms with E-state index in [0.717, 1.165) is 13.0 Å². The van der Waals surface area contributed by atoms with Gasteiger partial charge in [0.1, 0.15) is 0 Å². The molecule has 1 rings (SSSR count).